The van der Waals surface area contributed by atoms with E-state index in [2.05, 4.69) is 31.1 Å². The van der Waals surface area contributed by atoms with E-state index in [1.54, 1.807) is 0 Å². The molecule has 17 heavy (non-hydrogen) atoms. The van der Waals surface area contributed by atoms with Gasteiger partial charge in [0.05, 0.1) is 0 Å². The van der Waals surface area contributed by atoms with Crippen molar-refractivity contribution in [2.24, 2.45) is 5.92 Å². The van der Waals surface area contributed by atoms with Crippen molar-refractivity contribution in [1.82, 2.24) is 14.9 Å². The summed E-state index contributed by atoms with van der Waals surface area (Å²) in [4.78, 5) is 24.6. The summed E-state index contributed by atoms with van der Waals surface area (Å²) in [6.45, 7) is 7.47. The van der Waals surface area contributed by atoms with Gasteiger partial charge in [0.1, 0.15) is 5.02 Å². The third-order valence-electron chi connectivity index (χ3n) is 2.79. The molecule has 2 N–H and O–H groups in total. The summed E-state index contributed by atoms with van der Waals surface area (Å²) in [7, 11) is 0. The van der Waals surface area contributed by atoms with Crippen molar-refractivity contribution < 1.29 is 0 Å². The van der Waals surface area contributed by atoms with Crippen molar-refractivity contribution in [3.05, 3.63) is 32.1 Å². The Hall–Kier alpha value is -1.07. The smallest absolute Gasteiger partial charge is 0.312 e. The van der Waals surface area contributed by atoms with Gasteiger partial charge in [0.15, 0.2) is 0 Å². The molecule has 0 fully saturated rings. The fraction of sp³-hybridized carbons (Fsp3) is 0.636. The zero-order valence-corrected chi connectivity index (χ0v) is 11.0. The Labute approximate surface area is 105 Å². The van der Waals surface area contributed by atoms with Crippen LogP contribution in [0.4, 0.5) is 0 Å². The van der Waals surface area contributed by atoms with Gasteiger partial charge in [0.2, 0.25) is 0 Å². The highest BCUT2D eigenvalue weighted by Crippen LogP contribution is 1.99. The molecular weight excluding hydrogens is 242 g/mol. The van der Waals surface area contributed by atoms with Gasteiger partial charge in [-0.2, -0.15) is 0 Å². The lowest BCUT2D eigenvalue weighted by molar-refractivity contribution is 0.414. The average Bonchev–Trinajstić information content (AvgIpc) is 2.25. The Morgan fingerprint density at radius 3 is 2.65 bits per heavy atom. The third-order valence-corrected chi connectivity index (χ3v) is 3.06. The molecule has 1 heterocycles. The quantitative estimate of drug-likeness (QED) is 0.823. The Morgan fingerprint density at radius 2 is 2.06 bits per heavy atom. The van der Waals surface area contributed by atoms with Crippen LogP contribution in [-0.2, 0) is 6.54 Å². The largest absolute Gasteiger partial charge is 0.328 e. The summed E-state index contributed by atoms with van der Waals surface area (Å²) in [6.07, 6.45) is 1.37. The monoisotopic (exact) mass is 259 g/mol. The molecule has 0 amide bonds. The highest BCUT2D eigenvalue weighted by Gasteiger charge is 2.06. The van der Waals surface area contributed by atoms with Crippen LogP contribution < -0.4 is 16.6 Å². The Balaban J connectivity index is 2.62. The summed E-state index contributed by atoms with van der Waals surface area (Å²) in [5, 5.41) is 3.33. The molecule has 1 aromatic heterocycles. The first-order valence-corrected chi connectivity index (χ1v) is 6.02. The van der Waals surface area contributed by atoms with Crippen LogP contribution in [0.25, 0.3) is 0 Å². The van der Waals surface area contributed by atoms with E-state index < -0.39 is 11.2 Å². The number of nitrogens with one attached hydrogen (secondary N) is 2. The van der Waals surface area contributed by atoms with Crippen LogP contribution in [0, 0.1) is 5.92 Å². The van der Waals surface area contributed by atoms with E-state index >= 15 is 0 Å². The highest BCUT2D eigenvalue weighted by atomic mass is 35.5. The molecule has 0 saturated carbocycles. The molecule has 0 saturated heterocycles. The van der Waals surface area contributed by atoms with Crippen molar-refractivity contribution >= 4 is 11.6 Å². The Morgan fingerprint density at radius 1 is 1.41 bits per heavy atom. The van der Waals surface area contributed by atoms with Crippen LogP contribution in [0.2, 0.25) is 5.02 Å². The summed E-state index contributed by atoms with van der Waals surface area (Å²) in [5.74, 6) is 0.533. The van der Waals surface area contributed by atoms with Gasteiger partial charge in [0.25, 0.3) is 5.56 Å². The fourth-order valence-corrected chi connectivity index (χ4v) is 1.46. The maximum absolute atomic E-state index is 11.4. The number of aromatic nitrogens is 2. The molecule has 5 nitrogen and oxygen atoms in total. The SMILES string of the molecule is CC(C)C(C)NCCn1cc(Cl)c(=O)[nH]c1=O. The molecule has 1 atom stereocenters. The van der Waals surface area contributed by atoms with E-state index in [-0.39, 0.29) is 5.02 Å². The second-order valence-electron chi connectivity index (χ2n) is 4.42. The summed E-state index contributed by atoms with van der Waals surface area (Å²) < 4.78 is 1.39. The molecule has 0 aromatic carbocycles. The van der Waals surface area contributed by atoms with E-state index in [1.165, 1.54) is 10.8 Å². The second-order valence-corrected chi connectivity index (χ2v) is 4.82. The molecule has 0 aliphatic rings. The van der Waals surface area contributed by atoms with Crippen molar-refractivity contribution in [2.75, 3.05) is 6.54 Å². The van der Waals surface area contributed by atoms with Crippen molar-refractivity contribution in [3.63, 3.8) is 0 Å². The van der Waals surface area contributed by atoms with Gasteiger partial charge in [-0.05, 0) is 12.8 Å². The summed E-state index contributed by atoms with van der Waals surface area (Å²) in [5.41, 5.74) is -0.977. The van der Waals surface area contributed by atoms with E-state index in [0.717, 1.165) is 0 Å². The van der Waals surface area contributed by atoms with Crippen LogP contribution in [0.1, 0.15) is 20.8 Å². The second kappa shape index (κ2) is 6.02. The maximum atomic E-state index is 11.4. The number of rotatable bonds is 5. The first-order chi connectivity index (χ1) is 7.91. The lowest BCUT2D eigenvalue weighted by atomic mass is 10.1. The predicted molar refractivity (Wildman–Crippen MR) is 68.6 cm³/mol. The first-order valence-electron chi connectivity index (χ1n) is 5.64. The maximum Gasteiger partial charge on any atom is 0.328 e. The number of hydrogen-bond donors (Lipinski definition) is 2. The lowest BCUT2D eigenvalue weighted by Crippen LogP contribution is -2.37. The van der Waals surface area contributed by atoms with Gasteiger partial charge < -0.3 is 5.32 Å². The van der Waals surface area contributed by atoms with Crippen LogP contribution in [-0.4, -0.2) is 22.1 Å². The van der Waals surface area contributed by atoms with Crippen molar-refractivity contribution in [1.29, 1.82) is 0 Å². The number of H-pyrrole nitrogens is 1. The van der Waals surface area contributed by atoms with Gasteiger partial charge in [-0.25, -0.2) is 4.79 Å². The molecule has 1 aromatic rings. The predicted octanol–water partition coefficient (Wildman–Crippen LogP) is 0.824. The van der Waals surface area contributed by atoms with E-state index in [0.29, 0.717) is 25.0 Å². The Bertz CT molecular complexity index is 478. The van der Waals surface area contributed by atoms with Crippen LogP contribution in [0.15, 0.2) is 15.8 Å². The van der Waals surface area contributed by atoms with Gasteiger partial charge in [-0.1, -0.05) is 25.4 Å². The van der Waals surface area contributed by atoms with Crippen molar-refractivity contribution in [2.45, 2.75) is 33.4 Å². The first kappa shape index (κ1) is 14.0. The van der Waals surface area contributed by atoms with E-state index in [4.69, 9.17) is 11.6 Å². The van der Waals surface area contributed by atoms with Crippen LogP contribution in [0.3, 0.4) is 0 Å². The molecule has 0 aliphatic heterocycles. The molecule has 0 spiro atoms. The molecule has 1 unspecified atom stereocenters. The lowest BCUT2D eigenvalue weighted by Gasteiger charge is -2.17. The molecule has 0 radical (unpaired) electrons. The standard InChI is InChI=1S/C11H18ClN3O2/c1-7(2)8(3)13-4-5-15-6-9(12)10(16)14-11(15)17/h6-8,13H,4-5H2,1-3H3,(H,14,16,17). The average molecular weight is 260 g/mol. The third kappa shape index (κ3) is 4.02. The van der Waals surface area contributed by atoms with Gasteiger partial charge in [0, 0.05) is 25.3 Å². The van der Waals surface area contributed by atoms with E-state index in [1.807, 2.05) is 0 Å². The number of hydrogen-bond acceptors (Lipinski definition) is 3. The minimum absolute atomic E-state index is 0.0292. The zero-order chi connectivity index (χ0) is 13.0. The molecule has 0 bridgehead atoms. The van der Waals surface area contributed by atoms with Crippen molar-refractivity contribution in [3.8, 4) is 0 Å². The zero-order valence-electron chi connectivity index (χ0n) is 10.3. The normalized spacial score (nSPS) is 13.0. The van der Waals surface area contributed by atoms with Gasteiger partial charge in [-0.3, -0.25) is 14.3 Å². The summed E-state index contributed by atoms with van der Waals surface area (Å²) in [6, 6.07) is 0.379. The highest BCUT2D eigenvalue weighted by molar-refractivity contribution is 6.30. The molecule has 1 rings (SSSR count). The minimum Gasteiger partial charge on any atom is -0.312 e. The topological polar surface area (TPSA) is 66.9 Å². The molecule has 0 aliphatic carbocycles. The van der Waals surface area contributed by atoms with Crippen LogP contribution in [0.5, 0.6) is 0 Å². The molecular formula is C11H18ClN3O2. The summed E-state index contributed by atoms with van der Waals surface area (Å²) >= 11 is 5.65. The number of nitrogens with zero attached hydrogens (tertiary/aromatic N) is 1. The van der Waals surface area contributed by atoms with Crippen LogP contribution >= 0.6 is 11.6 Å². The molecule has 96 valence electrons. The molecule has 6 heteroatoms. The minimum atomic E-state index is -0.545. The number of halogens is 1. The number of aromatic amines is 1. The Kier molecular flexibility index (Phi) is 4.96. The van der Waals surface area contributed by atoms with E-state index in [9.17, 15) is 9.59 Å². The van der Waals surface area contributed by atoms with Gasteiger partial charge in [-0.15, -0.1) is 0 Å². The van der Waals surface area contributed by atoms with Gasteiger partial charge >= 0.3 is 5.69 Å². The fourth-order valence-electron chi connectivity index (χ4n) is 1.30.